The molecule has 0 radical (unpaired) electrons. The lowest BCUT2D eigenvalue weighted by molar-refractivity contribution is 0.0997. The first-order chi connectivity index (χ1) is 14.5. The summed E-state index contributed by atoms with van der Waals surface area (Å²) in [6, 6.07) is 5.70. The Labute approximate surface area is 177 Å². The molecule has 0 aliphatic carbocycles. The van der Waals surface area contributed by atoms with Crippen LogP contribution in [0.15, 0.2) is 18.2 Å². The van der Waals surface area contributed by atoms with Gasteiger partial charge >= 0.3 is 0 Å². The van der Waals surface area contributed by atoms with E-state index in [-0.39, 0.29) is 5.69 Å². The number of aromatic amines is 1. The van der Waals surface area contributed by atoms with Crippen molar-refractivity contribution in [2.24, 2.45) is 5.73 Å². The second-order valence-corrected chi connectivity index (χ2v) is 8.96. The van der Waals surface area contributed by atoms with Crippen LogP contribution in [0.3, 0.4) is 0 Å². The van der Waals surface area contributed by atoms with Gasteiger partial charge in [-0.05, 0) is 63.5 Å². The molecule has 9 heteroatoms. The SMILES string of the molecule is Cc1sc2nc(CN3CCCC3)nc(Nc3ccc4[nH]nc(C(N)=O)c4c3)c2c1C. The number of anilines is 2. The maximum absolute atomic E-state index is 11.7. The molecular formula is C21H23N7OS. The van der Waals surface area contributed by atoms with Gasteiger partial charge in [0.2, 0.25) is 0 Å². The van der Waals surface area contributed by atoms with E-state index in [9.17, 15) is 4.79 Å². The van der Waals surface area contributed by atoms with Crippen molar-refractivity contribution in [3.63, 3.8) is 0 Å². The first-order valence-electron chi connectivity index (χ1n) is 10.0. The van der Waals surface area contributed by atoms with Crippen LogP contribution in [0.25, 0.3) is 21.1 Å². The maximum atomic E-state index is 11.7. The predicted molar refractivity (Wildman–Crippen MR) is 119 cm³/mol. The topological polar surface area (TPSA) is 113 Å². The molecule has 0 spiro atoms. The molecule has 1 aliphatic rings. The lowest BCUT2D eigenvalue weighted by atomic mass is 10.1. The minimum absolute atomic E-state index is 0.235. The Kier molecular flexibility index (Phi) is 4.63. The molecule has 30 heavy (non-hydrogen) atoms. The number of hydrogen-bond donors (Lipinski definition) is 3. The number of amides is 1. The van der Waals surface area contributed by atoms with Crippen molar-refractivity contribution in [3.05, 3.63) is 40.2 Å². The van der Waals surface area contributed by atoms with Gasteiger partial charge < -0.3 is 11.1 Å². The monoisotopic (exact) mass is 421 g/mol. The van der Waals surface area contributed by atoms with Gasteiger partial charge in [0.25, 0.3) is 5.91 Å². The molecule has 0 bridgehead atoms. The molecule has 5 rings (SSSR count). The van der Waals surface area contributed by atoms with Gasteiger partial charge in [-0.2, -0.15) is 5.10 Å². The molecule has 4 aromatic rings. The minimum Gasteiger partial charge on any atom is -0.364 e. The highest BCUT2D eigenvalue weighted by Crippen LogP contribution is 2.35. The quantitative estimate of drug-likeness (QED) is 0.454. The molecule has 1 aromatic carbocycles. The number of H-pyrrole nitrogens is 1. The van der Waals surface area contributed by atoms with Crippen LogP contribution in [-0.4, -0.2) is 44.1 Å². The largest absolute Gasteiger partial charge is 0.364 e. The molecule has 154 valence electrons. The van der Waals surface area contributed by atoms with E-state index in [1.807, 2.05) is 18.2 Å². The highest BCUT2D eigenvalue weighted by Gasteiger charge is 2.19. The zero-order chi connectivity index (χ0) is 20.8. The summed E-state index contributed by atoms with van der Waals surface area (Å²) < 4.78 is 0. The normalized spacial score (nSPS) is 14.7. The smallest absolute Gasteiger partial charge is 0.269 e. The summed E-state index contributed by atoms with van der Waals surface area (Å²) in [4.78, 5) is 26.0. The van der Waals surface area contributed by atoms with Crippen LogP contribution in [0, 0.1) is 13.8 Å². The fourth-order valence-corrected chi connectivity index (χ4v) is 5.06. The molecule has 0 atom stereocenters. The Balaban J connectivity index is 1.57. The number of carbonyl (C=O) groups excluding carboxylic acids is 1. The Bertz CT molecular complexity index is 1270. The van der Waals surface area contributed by atoms with E-state index in [2.05, 4.69) is 34.3 Å². The number of fused-ring (bicyclic) bond motifs is 2. The Hall–Kier alpha value is -3.04. The molecule has 1 fully saturated rings. The summed E-state index contributed by atoms with van der Waals surface area (Å²) in [5.74, 6) is 1.06. The highest BCUT2D eigenvalue weighted by molar-refractivity contribution is 7.18. The maximum Gasteiger partial charge on any atom is 0.269 e. The third-order valence-electron chi connectivity index (χ3n) is 5.70. The van der Waals surface area contributed by atoms with Crippen LogP contribution < -0.4 is 11.1 Å². The van der Waals surface area contributed by atoms with Crippen molar-refractivity contribution in [1.29, 1.82) is 0 Å². The average molecular weight is 422 g/mol. The molecule has 0 unspecified atom stereocenters. The van der Waals surface area contributed by atoms with Gasteiger partial charge in [0, 0.05) is 16.0 Å². The second kappa shape index (κ2) is 7.33. The van der Waals surface area contributed by atoms with E-state index in [4.69, 9.17) is 15.7 Å². The summed E-state index contributed by atoms with van der Waals surface area (Å²) in [6.07, 6.45) is 2.47. The summed E-state index contributed by atoms with van der Waals surface area (Å²) in [5, 5.41) is 12.1. The van der Waals surface area contributed by atoms with Crippen molar-refractivity contribution < 1.29 is 4.79 Å². The van der Waals surface area contributed by atoms with E-state index in [1.165, 1.54) is 23.3 Å². The van der Waals surface area contributed by atoms with Gasteiger partial charge in [0.1, 0.15) is 16.5 Å². The number of rotatable bonds is 5. The van der Waals surface area contributed by atoms with Crippen LogP contribution in [-0.2, 0) is 6.54 Å². The third-order valence-corrected chi connectivity index (χ3v) is 6.80. The third kappa shape index (κ3) is 3.29. The summed E-state index contributed by atoms with van der Waals surface area (Å²) >= 11 is 1.70. The van der Waals surface area contributed by atoms with Crippen LogP contribution in [0.4, 0.5) is 11.5 Å². The molecule has 1 aliphatic heterocycles. The summed E-state index contributed by atoms with van der Waals surface area (Å²) in [5.41, 5.74) is 8.46. The average Bonchev–Trinajstić information content (AvgIpc) is 3.42. The molecule has 3 aromatic heterocycles. The van der Waals surface area contributed by atoms with Crippen LogP contribution in [0.1, 0.15) is 39.6 Å². The first-order valence-corrected chi connectivity index (χ1v) is 10.8. The van der Waals surface area contributed by atoms with Crippen molar-refractivity contribution in [1.82, 2.24) is 25.1 Å². The van der Waals surface area contributed by atoms with E-state index in [0.717, 1.165) is 52.7 Å². The van der Waals surface area contributed by atoms with Gasteiger partial charge in [-0.1, -0.05) is 0 Å². The van der Waals surface area contributed by atoms with E-state index >= 15 is 0 Å². The first kappa shape index (κ1) is 19.0. The fraction of sp³-hybridized carbons (Fsp3) is 0.333. The second-order valence-electron chi connectivity index (χ2n) is 7.76. The Morgan fingerprint density at radius 2 is 2.07 bits per heavy atom. The number of hydrogen-bond acceptors (Lipinski definition) is 7. The molecule has 4 heterocycles. The van der Waals surface area contributed by atoms with Crippen molar-refractivity contribution in [3.8, 4) is 0 Å². The number of primary amides is 1. The highest BCUT2D eigenvalue weighted by atomic mass is 32.1. The summed E-state index contributed by atoms with van der Waals surface area (Å²) in [6.45, 7) is 7.17. The molecule has 1 saturated heterocycles. The number of benzene rings is 1. The predicted octanol–water partition coefficient (Wildman–Crippen LogP) is 3.62. The zero-order valence-corrected chi connectivity index (χ0v) is 17.8. The van der Waals surface area contributed by atoms with Crippen molar-refractivity contribution in [2.75, 3.05) is 18.4 Å². The molecule has 1 amide bonds. The van der Waals surface area contributed by atoms with Crippen LogP contribution >= 0.6 is 11.3 Å². The minimum atomic E-state index is -0.556. The number of likely N-dealkylation sites (tertiary alicyclic amines) is 1. The number of nitrogens with two attached hydrogens (primary N) is 1. The number of carbonyl (C=O) groups is 1. The Morgan fingerprint density at radius 3 is 2.83 bits per heavy atom. The van der Waals surface area contributed by atoms with E-state index in [1.54, 1.807) is 11.3 Å². The number of thiophene rings is 1. The summed E-state index contributed by atoms with van der Waals surface area (Å²) in [7, 11) is 0. The fourth-order valence-electron chi connectivity index (χ4n) is 4.01. The Morgan fingerprint density at radius 1 is 1.27 bits per heavy atom. The lowest BCUT2D eigenvalue weighted by Crippen LogP contribution is -2.20. The molecule has 8 nitrogen and oxygen atoms in total. The molecular weight excluding hydrogens is 398 g/mol. The zero-order valence-electron chi connectivity index (χ0n) is 17.0. The van der Waals surface area contributed by atoms with Crippen LogP contribution in [0.2, 0.25) is 0 Å². The number of nitrogens with zero attached hydrogens (tertiary/aromatic N) is 4. The van der Waals surface area contributed by atoms with E-state index < -0.39 is 5.91 Å². The molecule has 0 saturated carbocycles. The molecule has 4 N–H and O–H groups in total. The van der Waals surface area contributed by atoms with Crippen LogP contribution in [0.5, 0.6) is 0 Å². The number of aryl methyl sites for hydroxylation is 2. The van der Waals surface area contributed by atoms with Crippen molar-refractivity contribution in [2.45, 2.75) is 33.2 Å². The number of aromatic nitrogens is 4. The standard InChI is InChI=1S/C21H23N7OS/c1-11-12(2)30-21-17(11)20(24-16(25-21)10-28-7-3-4-8-28)23-13-5-6-15-14(9-13)18(19(22)29)27-26-15/h5-6,9H,3-4,7-8,10H2,1-2H3,(H2,22,29)(H,26,27)(H,23,24,25). The van der Waals surface area contributed by atoms with E-state index in [0.29, 0.717) is 5.39 Å². The van der Waals surface area contributed by atoms with Gasteiger partial charge in [-0.15, -0.1) is 11.3 Å². The van der Waals surface area contributed by atoms with Gasteiger partial charge in [-0.25, -0.2) is 9.97 Å². The lowest BCUT2D eigenvalue weighted by Gasteiger charge is -2.15. The van der Waals surface area contributed by atoms with Gasteiger partial charge in [-0.3, -0.25) is 14.8 Å². The van der Waals surface area contributed by atoms with Gasteiger partial charge in [0.05, 0.1) is 17.4 Å². The van der Waals surface area contributed by atoms with Crippen molar-refractivity contribution >= 4 is 49.9 Å². The van der Waals surface area contributed by atoms with Gasteiger partial charge in [0.15, 0.2) is 5.69 Å². The number of nitrogens with one attached hydrogen (secondary N) is 2.